The van der Waals surface area contributed by atoms with Gasteiger partial charge in [0.05, 0.1) is 19.3 Å². The van der Waals surface area contributed by atoms with E-state index in [0.29, 0.717) is 17.0 Å². The number of methoxy groups -OCH3 is 1. The van der Waals surface area contributed by atoms with Crippen LogP contribution >= 0.6 is 12.4 Å². The van der Waals surface area contributed by atoms with Crippen LogP contribution in [0.4, 0.5) is 5.69 Å². The van der Waals surface area contributed by atoms with Gasteiger partial charge in [-0.15, -0.1) is 12.4 Å². The van der Waals surface area contributed by atoms with Crippen LogP contribution in [0.5, 0.6) is 5.75 Å². The van der Waals surface area contributed by atoms with E-state index in [4.69, 9.17) is 4.74 Å². The smallest absolute Gasteiger partial charge is 0.253 e. The van der Waals surface area contributed by atoms with Gasteiger partial charge in [-0.25, -0.2) is 0 Å². The first-order valence-electron chi connectivity index (χ1n) is 7.41. The van der Waals surface area contributed by atoms with Crippen LogP contribution in [0.3, 0.4) is 0 Å². The van der Waals surface area contributed by atoms with E-state index in [-0.39, 0.29) is 30.8 Å². The Balaban J connectivity index is 0.00000264. The molecule has 1 fully saturated rings. The van der Waals surface area contributed by atoms with Gasteiger partial charge in [-0.1, -0.05) is 0 Å². The van der Waals surface area contributed by atoms with Crippen molar-refractivity contribution in [2.75, 3.05) is 39.6 Å². The summed E-state index contributed by atoms with van der Waals surface area (Å²) in [5.74, 6) is 0.981. The van der Waals surface area contributed by atoms with Gasteiger partial charge in [0.15, 0.2) is 0 Å². The molecule has 0 radical (unpaired) electrons. The van der Waals surface area contributed by atoms with Crippen molar-refractivity contribution >= 4 is 29.9 Å². The third kappa shape index (κ3) is 5.73. The molecule has 1 aliphatic carbocycles. The lowest BCUT2D eigenvalue weighted by molar-refractivity contribution is -0.115. The number of nitrogens with zero attached hydrogens (tertiary/aromatic N) is 1. The Morgan fingerprint density at radius 3 is 2.57 bits per heavy atom. The molecule has 0 bridgehead atoms. The van der Waals surface area contributed by atoms with Crippen molar-refractivity contribution in [3.63, 3.8) is 0 Å². The number of ether oxygens (including phenoxy) is 1. The van der Waals surface area contributed by atoms with Crippen molar-refractivity contribution in [3.8, 4) is 5.75 Å². The summed E-state index contributed by atoms with van der Waals surface area (Å²) in [5, 5.41) is 5.94. The molecule has 0 heterocycles. The molecular weight excluding hydrogens is 318 g/mol. The number of nitrogens with one attached hydrogen (secondary N) is 2. The molecule has 7 heteroatoms. The zero-order valence-electron chi connectivity index (χ0n) is 13.7. The number of carbonyl (C=O) groups is 2. The minimum atomic E-state index is -0.120. The van der Waals surface area contributed by atoms with Crippen molar-refractivity contribution in [3.05, 3.63) is 23.8 Å². The van der Waals surface area contributed by atoms with E-state index in [0.717, 1.165) is 12.5 Å². The monoisotopic (exact) mass is 341 g/mol. The molecule has 128 valence electrons. The van der Waals surface area contributed by atoms with E-state index in [9.17, 15) is 9.59 Å². The fraction of sp³-hybridized carbons (Fsp3) is 0.500. The highest BCUT2D eigenvalue weighted by Crippen LogP contribution is 2.28. The Bertz CT molecular complexity index is 560. The van der Waals surface area contributed by atoms with Crippen molar-refractivity contribution in [2.45, 2.75) is 12.8 Å². The van der Waals surface area contributed by atoms with Gasteiger partial charge in [0.25, 0.3) is 5.91 Å². The SMILES string of the molecule is COc1cc(C(=O)N(C)C)ccc1NC(=O)CNCC1CC1.Cl. The number of hydrogen-bond donors (Lipinski definition) is 2. The third-order valence-corrected chi connectivity index (χ3v) is 3.54. The summed E-state index contributed by atoms with van der Waals surface area (Å²) in [4.78, 5) is 25.3. The van der Waals surface area contributed by atoms with Crippen molar-refractivity contribution in [1.29, 1.82) is 0 Å². The van der Waals surface area contributed by atoms with Gasteiger partial charge in [0.2, 0.25) is 5.91 Å². The summed E-state index contributed by atoms with van der Waals surface area (Å²) in [5.41, 5.74) is 1.09. The van der Waals surface area contributed by atoms with Crippen molar-refractivity contribution in [2.24, 2.45) is 5.92 Å². The maximum atomic E-state index is 11.9. The average molecular weight is 342 g/mol. The molecule has 2 rings (SSSR count). The van der Waals surface area contributed by atoms with E-state index in [1.807, 2.05) is 0 Å². The second-order valence-corrected chi connectivity index (χ2v) is 5.74. The molecule has 0 spiro atoms. The number of halogens is 1. The molecule has 1 aliphatic rings. The van der Waals surface area contributed by atoms with Crippen LogP contribution in [-0.2, 0) is 4.79 Å². The summed E-state index contributed by atoms with van der Waals surface area (Å²) >= 11 is 0. The lowest BCUT2D eigenvalue weighted by atomic mass is 10.1. The van der Waals surface area contributed by atoms with Gasteiger partial charge in [-0.2, -0.15) is 0 Å². The summed E-state index contributed by atoms with van der Waals surface area (Å²) in [6.45, 7) is 1.17. The van der Waals surface area contributed by atoms with Crippen LogP contribution in [0, 0.1) is 5.92 Å². The number of hydrogen-bond acceptors (Lipinski definition) is 4. The number of anilines is 1. The summed E-state index contributed by atoms with van der Waals surface area (Å²) in [7, 11) is 4.90. The quantitative estimate of drug-likeness (QED) is 0.792. The lowest BCUT2D eigenvalue weighted by Crippen LogP contribution is -2.29. The van der Waals surface area contributed by atoms with Crippen LogP contribution in [0.2, 0.25) is 0 Å². The molecule has 0 saturated heterocycles. The van der Waals surface area contributed by atoms with Crippen LogP contribution in [0.1, 0.15) is 23.2 Å². The minimum Gasteiger partial charge on any atom is -0.495 e. The van der Waals surface area contributed by atoms with Gasteiger partial charge in [0, 0.05) is 19.7 Å². The van der Waals surface area contributed by atoms with E-state index in [2.05, 4.69) is 10.6 Å². The maximum absolute atomic E-state index is 11.9. The second kappa shape index (κ2) is 8.74. The van der Waals surface area contributed by atoms with Crippen molar-refractivity contribution < 1.29 is 14.3 Å². The van der Waals surface area contributed by atoms with Gasteiger partial charge in [-0.05, 0) is 43.5 Å². The molecule has 2 amide bonds. The molecule has 1 saturated carbocycles. The third-order valence-electron chi connectivity index (χ3n) is 3.54. The van der Waals surface area contributed by atoms with E-state index < -0.39 is 0 Å². The predicted molar refractivity (Wildman–Crippen MR) is 92.5 cm³/mol. The number of amides is 2. The fourth-order valence-corrected chi connectivity index (χ4v) is 2.09. The van der Waals surface area contributed by atoms with Crippen LogP contribution in [0.15, 0.2) is 18.2 Å². The Kier molecular flexibility index (Phi) is 7.32. The predicted octanol–water partition coefficient (Wildman–Crippen LogP) is 1.76. The molecule has 0 unspecified atom stereocenters. The van der Waals surface area contributed by atoms with Gasteiger partial charge >= 0.3 is 0 Å². The number of benzene rings is 1. The topological polar surface area (TPSA) is 70.7 Å². The lowest BCUT2D eigenvalue weighted by Gasteiger charge is -2.14. The molecular formula is C16H24ClN3O3. The van der Waals surface area contributed by atoms with E-state index in [1.165, 1.54) is 24.9 Å². The van der Waals surface area contributed by atoms with Crippen LogP contribution < -0.4 is 15.4 Å². The normalized spacial score (nSPS) is 13.0. The molecule has 0 atom stereocenters. The largest absolute Gasteiger partial charge is 0.495 e. The Labute approximate surface area is 143 Å². The molecule has 23 heavy (non-hydrogen) atoms. The van der Waals surface area contributed by atoms with Crippen LogP contribution in [0.25, 0.3) is 0 Å². The molecule has 1 aromatic rings. The zero-order chi connectivity index (χ0) is 16.1. The van der Waals surface area contributed by atoms with Gasteiger partial charge in [0.1, 0.15) is 5.75 Å². The first-order valence-corrected chi connectivity index (χ1v) is 7.41. The van der Waals surface area contributed by atoms with Crippen LogP contribution in [-0.4, -0.2) is 51.0 Å². The number of rotatable bonds is 7. The standard InChI is InChI=1S/C16H23N3O3.ClH/c1-19(2)16(21)12-6-7-13(14(8-12)22-3)18-15(20)10-17-9-11-4-5-11;/h6-8,11,17H,4-5,9-10H2,1-3H3,(H,18,20);1H. The Morgan fingerprint density at radius 2 is 2.00 bits per heavy atom. The summed E-state index contributed by atoms with van der Waals surface area (Å²) in [6.07, 6.45) is 2.51. The highest BCUT2D eigenvalue weighted by molar-refractivity contribution is 5.97. The van der Waals surface area contributed by atoms with E-state index in [1.54, 1.807) is 32.3 Å². The Morgan fingerprint density at radius 1 is 1.30 bits per heavy atom. The average Bonchev–Trinajstić information content (AvgIpc) is 3.31. The summed E-state index contributed by atoms with van der Waals surface area (Å²) < 4.78 is 5.26. The van der Waals surface area contributed by atoms with E-state index >= 15 is 0 Å². The highest BCUT2D eigenvalue weighted by atomic mass is 35.5. The fourth-order valence-electron chi connectivity index (χ4n) is 2.09. The molecule has 0 aliphatic heterocycles. The van der Waals surface area contributed by atoms with Gasteiger partial charge in [-0.3, -0.25) is 9.59 Å². The molecule has 0 aromatic heterocycles. The zero-order valence-corrected chi connectivity index (χ0v) is 14.5. The highest BCUT2D eigenvalue weighted by Gasteiger charge is 2.20. The molecule has 2 N–H and O–H groups in total. The van der Waals surface area contributed by atoms with Gasteiger partial charge < -0.3 is 20.3 Å². The first-order chi connectivity index (χ1) is 10.5. The Hall–Kier alpha value is -1.79. The first kappa shape index (κ1) is 19.3. The summed E-state index contributed by atoms with van der Waals surface area (Å²) in [6, 6.07) is 5.00. The molecule has 1 aromatic carbocycles. The maximum Gasteiger partial charge on any atom is 0.253 e. The number of carbonyl (C=O) groups excluding carboxylic acids is 2. The second-order valence-electron chi connectivity index (χ2n) is 5.74. The minimum absolute atomic E-state index is 0. The molecule has 6 nitrogen and oxygen atoms in total. The van der Waals surface area contributed by atoms with Crippen molar-refractivity contribution in [1.82, 2.24) is 10.2 Å².